The lowest BCUT2D eigenvalue weighted by Gasteiger charge is -2.09. The molecule has 0 bridgehead atoms. The summed E-state index contributed by atoms with van der Waals surface area (Å²) >= 11 is 0. The first-order chi connectivity index (χ1) is 7.20. The number of hydrogen-bond donors (Lipinski definition) is 2. The van der Waals surface area contributed by atoms with E-state index in [1.54, 1.807) is 0 Å². The highest BCUT2D eigenvalue weighted by Crippen LogP contribution is 2.38. The fourth-order valence-corrected chi connectivity index (χ4v) is 1.53. The molecule has 4 nitrogen and oxygen atoms in total. The summed E-state index contributed by atoms with van der Waals surface area (Å²) in [6, 6.07) is 0. The van der Waals surface area contributed by atoms with E-state index in [1.165, 1.54) is 19.0 Å². The van der Waals surface area contributed by atoms with E-state index in [0.717, 1.165) is 17.9 Å². The summed E-state index contributed by atoms with van der Waals surface area (Å²) in [5.74, 6) is 1.95. The van der Waals surface area contributed by atoms with E-state index in [9.17, 15) is 5.11 Å². The minimum Gasteiger partial charge on any atom is -0.504 e. The van der Waals surface area contributed by atoms with Crippen molar-refractivity contribution in [3.63, 3.8) is 0 Å². The molecule has 0 aliphatic heterocycles. The van der Waals surface area contributed by atoms with Crippen LogP contribution in [0.5, 0.6) is 5.75 Å². The van der Waals surface area contributed by atoms with E-state index in [1.807, 2.05) is 0 Å². The van der Waals surface area contributed by atoms with E-state index < -0.39 is 0 Å². The molecule has 1 aliphatic carbocycles. The van der Waals surface area contributed by atoms with Crippen molar-refractivity contribution in [2.24, 2.45) is 11.7 Å². The molecule has 0 spiro atoms. The van der Waals surface area contributed by atoms with Crippen molar-refractivity contribution in [2.75, 3.05) is 6.54 Å². The van der Waals surface area contributed by atoms with Gasteiger partial charge in [-0.15, -0.1) is 0 Å². The Morgan fingerprint density at radius 3 is 2.93 bits per heavy atom. The Labute approximate surface area is 89.6 Å². The van der Waals surface area contributed by atoms with Gasteiger partial charge >= 0.3 is 0 Å². The van der Waals surface area contributed by atoms with Crippen LogP contribution >= 0.6 is 0 Å². The van der Waals surface area contributed by atoms with Gasteiger partial charge in [0.2, 0.25) is 0 Å². The second-order valence-electron chi connectivity index (χ2n) is 4.38. The Morgan fingerprint density at radius 2 is 2.33 bits per heavy atom. The van der Waals surface area contributed by atoms with Crippen LogP contribution in [0.3, 0.4) is 0 Å². The molecule has 15 heavy (non-hydrogen) atoms. The lowest BCUT2D eigenvalue weighted by Crippen LogP contribution is -2.14. The topological polar surface area (TPSA) is 72.0 Å². The highest BCUT2D eigenvalue weighted by atomic mass is 16.3. The van der Waals surface area contributed by atoms with Crippen LogP contribution in [-0.4, -0.2) is 21.6 Å². The van der Waals surface area contributed by atoms with Crippen LogP contribution < -0.4 is 5.73 Å². The summed E-state index contributed by atoms with van der Waals surface area (Å²) in [6.45, 7) is 2.67. The van der Waals surface area contributed by atoms with Crippen molar-refractivity contribution >= 4 is 0 Å². The van der Waals surface area contributed by atoms with Crippen LogP contribution in [0.15, 0.2) is 6.20 Å². The maximum atomic E-state index is 9.62. The van der Waals surface area contributed by atoms with Gasteiger partial charge in [-0.25, -0.2) is 9.97 Å². The van der Waals surface area contributed by atoms with Crippen LogP contribution in [0.2, 0.25) is 0 Å². The SMILES string of the molecule is CC(CN)Cc1nc(C2CC2)ncc1O. The van der Waals surface area contributed by atoms with Gasteiger partial charge in [-0.2, -0.15) is 0 Å². The molecule has 1 heterocycles. The van der Waals surface area contributed by atoms with Crippen LogP contribution in [0.25, 0.3) is 0 Å². The summed E-state index contributed by atoms with van der Waals surface area (Å²) in [6.07, 6.45) is 4.59. The summed E-state index contributed by atoms with van der Waals surface area (Å²) in [5.41, 5.74) is 6.30. The van der Waals surface area contributed by atoms with Crippen molar-refractivity contribution in [1.29, 1.82) is 0 Å². The van der Waals surface area contributed by atoms with Crippen molar-refractivity contribution in [3.05, 3.63) is 17.7 Å². The van der Waals surface area contributed by atoms with Crippen molar-refractivity contribution in [1.82, 2.24) is 9.97 Å². The molecule has 0 saturated heterocycles. The lowest BCUT2D eigenvalue weighted by molar-refractivity contribution is 0.449. The van der Waals surface area contributed by atoms with Crippen LogP contribution in [-0.2, 0) is 6.42 Å². The zero-order chi connectivity index (χ0) is 10.8. The molecule has 1 aromatic rings. The van der Waals surface area contributed by atoms with E-state index in [-0.39, 0.29) is 5.75 Å². The van der Waals surface area contributed by atoms with Crippen LogP contribution in [0, 0.1) is 5.92 Å². The third kappa shape index (κ3) is 2.45. The van der Waals surface area contributed by atoms with E-state index in [2.05, 4.69) is 16.9 Å². The van der Waals surface area contributed by atoms with E-state index in [0.29, 0.717) is 18.4 Å². The third-order valence-corrected chi connectivity index (χ3v) is 2.75. The average molecular weight is 207 g/mol. The summed E-state index contributed by atoms with van der Waals surface area (Å²) < 4.78 is 0. The molecular formula is C11H17N3O. The highest BCUT2D eigenvalue weighted by molar-refractivity contribution is 5.25. The first kappa shape index (κ1) is 10.4. The maximum absolute atomic E-state index is 9.62. The van der Waals surface area contributed by atoms with Gasteiger partial charge < -0.3 is 10.8 Å². The van der Waals surface area contributed by atoms with Crippen molar-refractivity contribution in [2.45, 2.75) is 32.1 Å². The zero-order valence-corrected chi connectivity index (χ0v) is 8.98. The second kappa shape index (κ2) is 4.14. The smallest absolute Gasteiger partial charge is 0.155 e. The molecule has 0 aromatic carbocycles. The number of aromatic nitrogens is 2. The molecule has 3 N–H and O–H groups in total. The number of nitrogens with two attached hydrogens (primary N) is 1. The molecule has 0 radical (unpaired) electrons. The second-order valence-corrected chi connectivity index (χ2v) is 4.38. The number of aromatic hydroxyl groups is 1. The number of hydrogen-bond acceptors (Lipinski definition) is 4. The van der Waals surface area contributed by atoms with Crippen LogP contribution in [0.4, 0.5) is 0 Å². The van der Waals surface area contributed by atoms with Gasteiger partial charge in [-0.3, -0.25) is 0 Å². The van der Waals surface area contributed by atoms with Gasteiger partial charge in [0.1, 0.15) is 5.82 Å². The fourth-order valence-electron chi connectivity index (χ4n) is 1.53. The molecule has 1 saturated carbocycles. The zero-order valence-electron chi connectivity index (χ0n) is 8.98. The summed E-state index contributed by atoms with van der Waals surface area (Å²) in [5, 5.41) is 9.62. The summed E-state index contributed by atoms with van der Waals surface area (Å²) in [4.78, 5) is 8.55. The average Bonchev–Trinajstić information content (AvgIpc) is 3.04. The van der Waals surface area contributed by atoms with Gasteiger partial charge in [0.15, 0.2) is 5.75 Å². The van der Waals surface area contributed by atoms with E-state index in [4.69, 9.17) is 5.73 Å². The van der Waals surface area contributed by atoms with E-state index >= 15 is 0 Å². The number of rotatable bonds is 4. The normalized spacial score (nSPS) is 17.7. The van der Waals surface area contributed by atoms with Crippen LogP contribution in [0.1, 0.15) is 37.2 Å². The van der Waals surface area contributed by atoms with Gasteiger partial charge in [0, 0.05) is 5.92 Å². The predicted octanol–water partition coefficient (Wildman–Crippen LogP) is 1.20. The first-order valence-corrected chi connectivity index (χ1v) is 5.45. The van der Waals surface area contributed by atoms with Gasteiger partial charge in [-0.1, -0.05) is 6.92 Å². The van der Waals surface area contributed by atoms with Gasteiger partial charge in [-0.05, 0) is 31.7 Å². The minimum absolute atomic E-state index is 0.194. The standard InChI is InChI=1S/C11H17N3O/c1-7(5-12)4-9-10(15)6-13-11(14-9)8-2-3-8/h6-8,15H,2-5,12H2,1H3. The fraction of sp³-hybridized carbons (Fsp3) is 0.636. The minimum atomic E-state index is 0.194. The molecule has 1 atom stereocenters. The largest absolute Gasteiger partial charge is 0.504 e. The molecule has 1 aromatic heterocycles. The Balaban J connectivity index is 2.16. The van der Waals surface area contributed by atoms with Gasteiger partial charge in [0.05, 0.1) is 11.9 Å². The van der Waals surface area contributed by atoms with Gasteiger partial charge in [0.25, 0.3) is 0 Å². The molecule has 0 amide bonds. The molecule has 1 aliphatic rings. The molecule has 1 unspecified atom stereocenters. The predicted molar refractivity (Wildman–Crippen MR) is 57.6 cm³/mol. The highest BCUT2D eigenvalue weighted by Gasteiger charge is 2.27. The maximum Gasteiger partial charge on any atom is 0.155 e. The Kier molecular flexibility index (Phi) is 2.86. The number of nitrogens with zero attached hydrogens (tertiary/aromatic N) is 2. The molecular weight excluding hydrogens is 190 g/mol. The first-order valence-electron chi connectivity index (χ1n) is 5.45. The third-order valence-electron chi connectivity index (χ3n) is 2.75. The molecule has 4 heteroatoms. The molecule has 2 rings (SSSR count). The molecule has 82 valence electrons. The Bertz CT molecular complexity index is 350. The lowest BCUT2D eigenvalue weighted by atomic mass is 10.1. The Morgan fingerprint density at radius 1 is 1.60 bits per heavy atom. The van der Waals surface area contributed by atoms with Crippen molar-refractivity contribution in [3.8, 4) is 5.75 Å². The van der Waals surface area contributed by atoms with Crippen molar-refractivity contribution < 1.29 is 5.11 Å². The molecule has 1 fully saturated rings. The quantitative estimate of drug-likeness (QED) is 0.778. The monoisotopic (exact) mass is 207 g/mol. The Hall–Kier alpha value is -1.16. The summed E-state index contributed by atoms with van der Waals surface area (Å²) in [7, 11) is 0.